The van der Waals surface area contributed by atoms with Crippen molar-refractivity contribution in [3.8, 4) is 5.88 Å². The summed E-state index contributed by atoms with van der Waals surface area (Å²) in [4.78, 5) is 15.9. The first-order valence-electron chi connectivity index (χ1n) is 6.77. The van der Waals surface area contributed by atoms with E-state index in [1.165, 1.54) is 23.0 Å². The highest BCUT2D eigenvalue weighted by Gasteiger charge is 2.12. The van der Waals surface area contributed by atoms with Gasteiger partial charge in [-0.15, -0.1) is 11.3 Å². The summed E-state index contributed by atoms with van der Waals surface area (Å²) in [5, 5.41) is 10.7. The fourth-order valence-electron chi connectivity index (χ4n) is 2.10. The summed E-state index contributed by atoms with van der Waals surface area (Å²) in [6, 6.07) is 10.0. The van der Waals surface area contributed by atoms with E-state index in [0.29, 0.717) is 18.2 Å². The molecule has 112 valence electrons. The Morgan fingerprint density at radius 1 is 1.36 bits per heavy atom. The molecule has 1 N–H and O–H groups in total. The van der Waals surface area contributed by atoms with E-state index in [1.54, 1.807) is 0 Å². The Kier molecular flexibility index (Phi) is 4.20. The van der Waals surface area contributed by atoms with E-state index >= 15 is 0 Å². The average molecular weight is 314 g/mol. The van der Waals surface area contributed by atoms with Crippen LogP contribution in [0.4, 0.5) is 0 Å². The van der Waals surface area contributed by atoms with Crippen LogP contribution in [0.25, 0.3) is 11.0 Å². The van der Waals surface area contributed by atoms with Crippen molar-refractivity contribution in [2.75, 3.05) is 6.61 Å². The highest BCUT2D eigenvalue weighted by molar-refractivity contribution is 7.15. The Morgan fingerprint density at radius 3 is 2.95 bits per heavy atom. The van der Waals surface area contributed by atoms with Gasteiger partial charge in [0.25, 0.3) is 0 Å². The fraction of sp³-hybridized carbons (Fsp3) is 0.125. The molecule has 22 heavy (non-hydrogen) atoms. The molecule has 0 radical (unpaired) electrons. The molecule has 0 bridgehead atoms. The van der Waals surface area contributed by atoms with Gasteiger partial charge in [0.2, 0.25) is 5.88 Å². The smallest absolute Gasteiger partial charge is 0.328 e. The molecule has 6 heteroatoms. The maximum absolute atomic E-state index is 10.7. The van der Waals surface area contributed by atoms with Crippen molar-refractivity contribution in [3.63, 3.8) is 0 Å². The number of aliphatic carboxylic acids is 1. The lowest BCUT2D eigenvalue weighted by Crippen LogP contribution is -2.02. The highest BCUT2D eigenvalue weighted by atomic mass is 32.1. The number of carboxylic acid groups (broad SMARTS) is 1. The summed E-state index contributed by atoms with van der Waals surface area (Å²) >= 11 is 1.48. The van der Waals surface area contributed by atoms with E-state index in [0.717, 1.165) is 17.5 Å². The van der Waals surface area contributed by atoms with Crippen molar-refractivity contribution < 1.29 is 14.6 Å². The number of carboxylic acids is 1. The normalized spacial score (nSPS) is 11.3. The van der Waals surface area contributed by atoms with Crippen LogP contribution in [-0.2, 0) is 11.2 Å². The van der Waals surface area contributed by atoms with Gasteiger partial charge in [-0.25, -0.2) is 4.79 Å². The standard InChI is InChI=1S/C16H14N2O3S/c19-14(20)7-6-13-15(17-16-18(13)9-11-22-16)21-10-8-12-4-2-1-3-5-12/h1-7,9,11H,8,10H2,(H,19,20)/b7-6+. The molecule has 3 rings (SSSR count). The molecule has 0 atom stereocenters. The van der Waals surface area contributed by atoms with Gasteiger partial charge < -0.3 is 9.84 Å². The molecule has 0 saturated heterocycles. The van der Waals surface area contributed by atoms with E-state index < -0.39 is 5.97 Å². The zero-order valence-corrected chi connectivity index (χ0v) is 12.5. The Balaban J connectivity index is 1.76. The van der Waals surface area contributed by atoms with Crippen LogP contribution in [0.5, 0.6) is 5.88 Å². The lowest BCUT2D eigenvalue weighted by atomic mass is 10.2. The number of hydrogen-bond acceptors (Lipinski definition) is 4. The monoisotopic (exact) mass is 314 g/mol. The molecular formula is C16H14N2O3S. The van der Waals surface area contributed by atoms with Crippen LogP contribution in [0.3, 0.4) is 0 Å². The van der Waals surface area contributed by atoms with Gasteiger partial charge in [-0.1, -0.05) is 30.3 Å². The van der Waals surface area contributed by atoms with Gasteiger partial charge in [-0.2, -0.15) is 4.98 Å². The van der Waals surface area contributed by atoms with E-state index in [2.05, 4.69) is 4.98 Å². The van der Waals surface area contributed by atoms with Gasteiger partial charge in [0.05, 0.1) is 6.61 Å². The van der Waals surface area contributed by atoms with Gasteiger partial charge in [0, 0.05) is 24.1 Å². The van der Waals surface area contributed by atoms with Crippen LogP contribution >= 0.6 is 11.3 Å². The summed E-state index contributed by atoms with van der Waals surface area (Å²) in [5.41, 5.74) is 1.83. The van der Waals surface area contributed by atoms with Crippen molar-refractivity contribution in [1.82, 2.24) is 9.38 Å². The first-order chi connectivity index (χ1) is 10.7. The lowest BCUT2D eigenvalue weighted by molar-refractivity contribution is -0.131. The van der Waals surface area contributed by atoms with Crippen molar-refractivity contribution >= 4 is 28.3 Å². The maximum Gasteiger partial charge on any atom is 0.328 e. The largest absolute Gasteiger partial charge is 0.478 e. The minimum Gasteiger partial charge on any atom is -0.478 e. The highest BCUT2D eigenvalue weighted by Crippen LogP contribution is 2.24. The van der Waals surface area contributed by atoms with Crippen LogP contribution in [-0.4, -0.2) is 27.1 Å². The minimum atomic E-state index is -1.000. The van der Waals surface area contributed by atoms with Gasteiger partial charge in [-0.3, -0.25) is 4.40 Å². The van der Waals surface area contributed by atoms with Gasteiger partial charge >= 0.3 is 5.97 Å². The number of rotatable bonds is 6. The molecule has 5 nitrogen and oxygen atoms in total. The van der Waals surface area contributed by atoms with Gasteiger partial charge in [0.15, 0.2) is 4.96 Å². The summed E-state index contributed by atoms with van der Waals surface area (Å²) in [6.45, 7) is 0.489. The van der Waals surface area contributed by atoms with Crippen LogP contribution in [0.2, 0.25) is 0 Å². The summed E-state index contributed by atoms with van der Waals surface area (Å²) in [5.74, 6) is -0.541. The topological polar surface area (TPSA) is 63.8 Å². The number of benzene rings is 1. The molecule has 0 unspecified atom stereocenters. The van der Waals surface area contributed by atoms with Crippen molar-refractivity contribution in [3.05, 3.63) is 59.2 Å². The number of aromatic nitrogens is 2. The quantitative estimate of drug-likeness (QED) is 0.710. The molecule has 2 heterocycles. The second-order valence-electron chi connectivity index (χ2n) is 4.61. The van der Waals surface area contributed by atoms with Crippen LogP contribution in [0.15, 0.2) is 48.0 Å². The third kappa shape index (κ3) is 3.17. The number of carbonyl (C=O) groups is 1. The Hall–Kier alpha value is -2.60. The Labute approximate surface area is 131 Å². The zero-order valence-electron chi connectivity index (χ0n) is 11.7. The third-order valence-corrected chi connectivity index (χ3v) is 3.88. The second kappa shape index (κ2) is 6.44. The predicted octanol–water partition coefficient (Wildman–Crippen LogP) is 3.12. The Morgan fingerprint density at radius 2 is 2.18 bits per heavy atom. The summed E-state index contributed by atoms with van der Waals surface area (Å²) in [6.07, 6.45) is 5.21. The summed E-state index contributed by atoms with van der Waals surface area (Å²) in [7, 11) is 0. The molecule has 0 aliphatic heterocycles. The average Bonchev–Trinajstić information content (AvgIpc) is 3.07. The summed E-state index contributed by atoms with van der Waals surface area (Å²) < 4.78 is 7.57. The van der Waals surface area contributed by atoms with Crippen molar-refractivity contribution in [2.45, 2.75) is 6.42 Å². The molecule has 3 aromatic rings. The molecule has 1 aromatic carbocycles. The van der Waals surface area contributed by atoms with E-state index in [-0.39, 0.29) is 0 Å². The number of nitrogens with zero attached hydrogens (tertiary/aromatic N) is 2. The number of imidazole rings is 1. The molecular weight excluding hydrogens is 300 g/mol. The van der Waals surface area contributed by atoms with Crippen LogP contribution in [0.1, 0.15) is 11.3 Å². The fourth-order valence-corrected chi connectivity index (χ4v) is 2.81. The predicted molar refractivity (Wildman–Crippen MR) is 85.4 cm³/mol. The minimum absolute atomic E-state index is 0.459. The maximum atomic E-state index is 10.7. The first kappa shape index (κ1) is 14.3. The lowest BCUT2D eigenvalue weighted by Gasteiger charge is -2.04. The number of ether oxygens (including phenoxy) is 1. The van der Waals surface area contributed by atoms with Gasteiger partial charge in [-0.05, 0) is 11.6 Å². The van der Waals surface area contributed by atoms with Crippen molar-refractivity contribution in [1.29, 1.82) is 0 Å². The zero-order chi connectivity index (χ0) is 15.4. The SMILES string of the molecule is O=C(O)/C=C/c1c(OCCc2ccccc2)nc2sccn12. The van der Waals surface area contributed by atoms with Crippen LogP contribution < -0.4 is 4.74 Å². The van der Waals surface area contributed by atoms with E-state index in [9.17, 15) is 4.79 Å². The number of hydrogen-bond donors (Lipinski definition) is 1. The van der Waals surface area contributed by atoms with E-state index in [4.69, 9.17) is 9.84 Å². The molecule has 0 aliphatic rings. The Bertz CT molecular complexity index is 805. The molecule has 0 saturated carbocycles. The first-order valence-corrected chi connectivity index (χ1v) is 7.65. The number of thiazole rings is 1. The third-order valence-electron chi connectivity index (χ3n) is 3.12. The molecule has 2 aromatic heterocycles. The van der Waals surface area contributed by atoms with Crippen LogP contribution in [0, 0.1) is 0 Å². The molecule has 0 fully saturated rings. The van der Waals surface area contributed by atoms with Gasteiger partial charge in [0.1, 0.15) is 5.69 Å². The molecule has 0 aliphatic carbocycles. The second-order valence-corrected chi connectivity index (χ2v) is 5.49. The van der Waals surface area contributed by atoms with Crippen molar-refractivity contribution in [2.24, 2.45) is 0 Å². The number of fused-ring (bicyclic) bond motifs is 1. The van der Waals surface area contributed by atoms with E-state index in [1.807, 2.05) is 46.3 Å². The molecule has 0 amide bonds. The molecule has 0 spiro atoms.